The third-order valence-electron chi connectivity index (χ3n) is 3.50. The Bertz CT molecular complexity index is 486. The van der Waals surface area contributed by atoms with E-state index in [1.165, 1.54) is 0 Å². The summed E-state index contributed by atoms with van der Waals surface area (Å²) in [6, 6.07) is 6.87. The molecule has 0 aliphatic carbocycles. The second-order valence-electron chi connectivity index (χ2n) is 4.87. The highest BCUT2D eigenvalue weighted by Crippen LogP contribution is 2.20. The molecule has 1 fully saturated rings. The summed E-state index contributed by atoms with van der Waals surface area (Å²) in [5.41, 5.74) is 1.03. The molecule has 1 heterocycles. The third-order valence-corrected chi connectivity index (χ3v) is 3.50. The van der Waals surface area contributed by atoms with Crippen LogP contribution in [0.3, 0.4) is 0 Å². The highest BCUT2D eigenvalue weighted by atomic mass is 16.4. The van der Waals surface area contributed by atoms with E-state index >= 15 is 0 Å². The minimum atomic E-state index is -0.942. The van der Waals surface area contributed by atoms with Crippen molar-refractivity contribution in [2.75, 3.05) is 13.1 Å². The molecule has 1 aliphatic heterocycles. The number of hydrogen-bond acceptors (Lipinski definition) is 3. The summed E-state index contributed by atoms with van der Waals surface area (Å²) in [5.74, 6) is -2.05. The maximum absolute atomic E-state index is 11.1. The Morgan fingerprint density at radius 3 is 2.68 bits per heavy atom. The van der Waals surface area contributed by atoms with Crippen molar-refractivity contribution >= 4 is 11.9 Å². The number of aliphatic carboxylic acids is 1. The van der Waals surface area contributed by atoms with Gasteiger partial charge in [0.25, 0.3) is 0 Å². The minimum Gasteiger partial charge on any atom is -0.481 e. The van der Waals surface area contributed by atoms with Gasteiger partial charge in [-0.25, -0.2) is 4.79 Å². The molecule has 0 radical (unpaired) electrons. The maximum Gasteiger partial charge on any atom is 0.336 e. The average molecular weight is 263 g/mol. The Balaban J connectivity index is 2.09. The van der Waals surface area contributed by atoms with E-state index in [1.54, 1.807) is 24.3 Å². The number of rotatable bonds is 4. The smallest absolute Gasteiger partial charge is 0.336 e. The summed E-state index contributed by atoms with van der Waals surface area (Å²) >= 11 is 0. The Kier molecular flexibility index (Phi) is 4.16. The van der Waals surface area contributed by atoms with E-state index in [0.29, 0.717) is 25.1 Å². The molecule has 1 aliphatic rings. The van der Waals surface area contributed by atoms with E-state index in [4.69, 9.17) is 10.2 Å². The van der Waals surface area contributed by atoms with Crippen LogP contribution in [0.2, 0.25) is 0 Å². The standard InChI is InChI=1S/C14H17NO4/c16-13(17)11-5-3-7-15(9-11)8-10-4-1-2-6-12(10)14(18)19/h1-2,4,6,11H,3,5,7-9H2,(H,16,17)(H,18,19)/t11-/m0/s1. The number of carboxylic acids is 2. The fraction of sp³-hybridized carbons (Fsp3) is 0.429. The van der Waals surface area contributed by atoms with Crippen molar-refractivity contribution in [2.24, 2.45) is 5.92 Å². The van der Waals surface area contributed by atoms with E-state index in [-0.39, 0.29) is 5.92 Å². The molecule has 19 heavy (non-hydrogen) atoms. The van der Waals surface area contributed by atoms with Gasteiger partial charge in [-0.2, -0.15) is 0 Å². The van der Waals surface area contributed by atoms with Crippen molar-refractivity contribution in [1.29, 1.82) is 0 Å². The Morgan fingerprint density at radius 2 is 2.00 bits per heavy atom. The Labute approximate surface area is 111 Å². The zero-order valence-corrected chi connectivity index (χ0v) is 10.6. The maximum atomic E-state index is 11.1. The molecule has 1 aromatic carbocycles. The molecule has 2 N–H and O–H groups in total. The molecule has 5 nitrogen and oxygen atoms in total. The third kappa shape index (κ3) is 3.32. The predicted octanol–water partition coefficient (Wildman–Crippen LogP) is 1.68. The molecule has 1 saturated heterocycles. The fourth-order valence-corrected chi connectivity index (χ4v) is 2.51. The number of carbonyl (C=O) groups is 2. The SMILES string of the molecule is O=C(O)c1ccccc1CN1CCC[C@H](C(=O)O)C1. The Morgan fingerprint density at radius 1 is 1.26 bits per heavy atom. The van der Waals surface area contributed by atoms with Crippen molar-refractivity contribution in [3.05, 3.63) is 35.4 Å². The molecule has 102 valence electrons. The van der Waals surface area contributed by atoms with Crippen molar-refractivity contribution in [1.82, 2.24) is 4.90 Å². The topological polar surface area (TPSA) is 77.8 Å². The molecule has 0 spiro atoms. The van der Waals surface area contributed by atoms with Crippen LogP contribution < -0.4 is 0 Å². The Hall–Kier alpha value is -1.88. The van der Waals surface area contributed by atoms with Gasteiger partial charge in [-0.15, -0.1) is 0 Å². The van der Waals surface area contributed by atoms with Crippen molar-refractivity contribution in [3.63, 3.8) is 0 Å². The zero-order valence-electron chi connectivity index (χ0n) is 10.6. The predicted molar refractivity (Wildman–Crippen MR) is 69.0 cm³/mol. The molecule has 2 rings (SSSR count). The first-order chi connectivity index (χ1) is 9.08. The van der Waals surface area contributed by atoms with Crippen LogP contribution in [0.4, 0.5) is 0 Å². The first-order valence-electron chi connectivity index (χ1n) is 6.34. The molecule has 1 atom stereocenters. The molecule has 5 heteroatoms. The second-order valence-corrected chi connectivity index (χ2v) is 4.87. The number of nitrogens with zero attached hydrogens (tertiary/aromatic N) is 1. The second kappa shape index (κ2) is 5.84. The van der Waals surface area contributed by atoms with Crippen molar-refractivity contribution in [3.8, 4) is 0 Å². The fourth-order valence-electron chi connectivity index (χ4n) is 2.51. The van der Waals surface area contributed by atoms with E-state index in [9.17, 15) is 9.59 Å². The summed E-state index contributed by atoms with van der Waals surface area (Å²) in [6.45, 7) is 1.80. The van der Waals surface area contributed by atoms with E-state index < -0.39 is 11.9 Å². The molecule has 0 amide bonds. The van der Waals surface area contributed by atoms with Crippen LogP contribution in [-0.2, 0) is 11.3 Å². The first-order valence-corrected chi connectivity index (χ1v) is 6.34. The van der Waals surface area contributed by atoms with Crippen LogP contribution in [0.5, 0.6) is 0 Å². The highest BCUT2D eigenvalue weighted by molar-refractivity contribution is 5.89. The summed E-state index contributed by atoms with van der Waals surface area (Å²) in [7, 11) is 0. The van der Waals surface area contributed by atoms with Crippen LogP contribution in [0.1, 0.15) is 28.8 Å². The number of carboxylic acid groups (broad SMARTS) is 2. The van der Waals surface area contributed by atoms with E-state index in [2.05, 4.69) is 0 Å². The lowest BCUT2D eigenvalue weighted by molar-refractivity contribution is -0.143. The van der Waals surface area contributed by atoms with Gasteiger partial charge in [-0.3, -0.25) is 9.69 Å². The largest absolute Gasteiger partial charge is 0.481 e. The lowest BCUT2D eigenvalue weighted by atomic mass is 9.97. The van der Waals surface area contributed by atoms with Crippen LogP contribution in [0.15, 0.2) is 24.3 Å². The summed E-state index contributed by atoms with van der Waals surface area (Å²) in [4.78, 5) is 24.1. The molecule has 0 saturated carbocycles. The minimum absolute atomic E-state index is 0.292. The molecular formula is C14H17NO4. The van der Waals surface area contributed by atoms with Gasteiger partial charge in [0.05, 0.1) is 11.5 Å². The summed E-state index contributed by atoms with van der Waals surface area (Å²) < 4.78 is 0. The van der Waals surface area contributed by atoms with Gasteiger partial charge in [0.1, 0.15) is 0 Å². The van der Waals surface area contributed by atoms with Crippen molar-refractivity contribution < 1.29 is 19.8 Å². The summed E-state index contributed by atoms with van der Waals surface area (Å²) in [5, 5.41) is 18.2. The van der Waals surface area contributed by atoms with Crippen LogP contribution >= 0.6 is 0 Å². The number of aromatic carboxylic acids is 1. The number of benzene rings is 1. The molecule has 0 aromatic heterocycles. The van der Waals surface area contributed by atoms with Crippen LogP contribution in [0.25, 0.3) is 0 Å². The van der Waals surface area contributed by atoms with Gasteiger partial charge in [-0.1, -0.05) is 18.2 Å². The van der Waals surface area contributed by atoms with Gasteiger partial charge < -0.3 is 10.2 Å². The lowest BCUT2D eigenvalue weighted by Crippen LogP contribution is -2.38. The monoisotopic (exact) mass is 263 g/mol. The van der Waals surface area contributed by atoms with Gasteiger partial charge in [-0.05, 0) is 31.0 Å². The van der Waals surface area contributed by atoms with Crippen molar-refractivity contribution in [2.45, 2.75) is 19.4 Å². The molecule has 0 bridgehead atoms. The van der Waals surface area contributed by atoms with Gasteiger partial charge in [0.2, 0.25) is 0 Å². The highest BCUT2D eigenvalue weighted by Gasteiger charge is 2.25. The number of hydrogen-bond donors (Lipinski definition) is 2. The number of likely N-dealkylation sites (tertiary alicyclic amines) is 1. The quantitative estimate of drug-likeness (QED) is 0.864. The zero-order chi connectivity index (χ0) is 13.8. The van der Waals surface area contributed by atoms with E-state index in [0.717, 1.165) is 18.5 Å². The van der Waals surface area contributed by atoms with Gasteiger partial charge in [0, 0.05) is 13.1 Å². The van der Waals surface area contributed by atoms with E-state index in [1.807, 2.05) is 4.90 Å². The normalized spacial score (nSPS) is 20.1. The summed E-state index contributed by atoms with van der Waals surface area (Å²) in [6.07, 6.45) is 1.54. The van der Waals surface area contributed by atoms with Gasteiger partial charge in [0.15, 0.2) is 0 Å². The lowest BCUT2D eigenvalue weighted by Gasteiger charge is -2.30. The van der Waals surface area contributed by atoms with Gasteiger partial charge >= 0.3 is 11.9 Å². The van der Waals surface area contributed by atoms with Crippen LogP contribution in [0, 0.1) is 5.92 Å². The molecular weight excluding hydrogens is 246 g/mol. The molecule has 0 unspecified atom stereocenters. The number of piperidine rings is 1. The molecule has 1 aromatic rings. The van der Waals surface area contributed by atoms with Crippen LogP contribution in [-0.4, -0.2) is 40.1 Å². The average Bonchev–Trinajstić information content (AvgIpc) is 2.39. The first kappa shape index (κ1) is 13.5.